The van der Waals surface area contributed by atoms with Crippen LogP contribution in [-0.2, 0) is 4.79 Å². The number of aromatic nitrogens is 2. The van der Waals surface area contributed by atoms with E-state index in [1.807, 2.05) is 11.0 Å². The van der Waals surface area contributed by atoms with E-state index in [0.29, 0.717) is 18.9 Å². The molecule has 3 rings (SSSR count). The smallest absolute Gasteiger partial charge is 0.220 e. The van der Waals surface area contributed by atoms with E-state index >= 15 is 0 Å². The lowest BCUT2D eigenvalue weighted by molar-refractivity contribution is -0.123. The summed E-state index contributed by atoms with van der Waals surface area (Å²) >= 11 is 0. The molecule has 1 aliphatic carbocycles. The summed E-state index contributed by atoms with van der Waals surface area (Å²) in [6, 6.07) is 1.86. The quantitative estimate of drug-likeness (QED) is 0.838. The molecule has 2 aliphatic rings. The lowest BCUT2D eigenvalue weighted by Crippen LogP contribution is -2.50. The van der Waals surface area contributed by atoms with E-state index in [0.717, 1.165) is 37.4 Å². The van der Waals surface area contributed by atoms with Crippen LogP contribution in [0.3, 0.4) is 0 Å². The third-order valence-electron chi connectivity index (χ3n) is 3.98. The van der Waals surface area contributed by atoms with Gasteiger partial charge in [0.05, 0.1) is 12.0 Å². The van der Waals surface area contributed by atoms with E-state index < -0.39 is 11.5 Å². The average molecular weight is 276 g/mol. The predicted octanol–water partition coefficient (Wildman–Crippen LogP) is 0.561. The van der Waals surface area contributed by atoms with E-state index in [1.54, 1.807) is 6.20 Å². The van der Waals surface area contributed by atoms with Crippen molar-refractivity contribution in [2.45, 2.75) is 43.6 Å². The summed E-state index contributed by atoms with van der Waals surface area (Å²) in [5, 5.41) is 10.5. The summed E-state index contributed by atoms with van der Waals surface area (Å²) in [6.07, 6.45) is 5.53. The number of anilines is 1. The highest BCUT2D eigenvalue weighted by molar-refractivity contribution is 5.75. The van der Waals surface area contributed by atoms with Gasteiger partial charge in [-0.1, -0.05) is 0 Å². The Bertz CT molecular complexity index is 518. The minimum Gasteiger partial charge on any atom is -0.388 e. The number of aliphatic hydroxyl groups is 1. The Balaban J connectivity index is 1.76. The lowest BCUT2D eigenvalue weighted by atomic mass is 9.89. The minimum atomic E-state index is -1.03. The molecule has 1 aromatic heterocycles. The highest BCUT2D eigenvalue weighted by Gasteiger charge is 2.35. The number of nitrogens with zero attached hydrogens (tertiary/aromatic N) is 3. The normalized spacial score (nSPS) is 26.6. The molecule has 3 N–H and O–H groups in total. The van der Waals surface area contributed by atoms with Crippen molar-refractivity contribution in [2.24, 2.45) is 5.73 Å². The Hall–Kier alpha value is -1.69. The zero-order valence-corrected chi connectivity index (χ0v) is 11.5. The predicted molar refractivity (Wildman–Crippen MR) is 74.2 cm³/mol. The van der Waals surface area contributed by atoms with Gasteiger partial charge in [-0.3, -0.25) is 4.79 Å². The van der Waals surface area contributed by atoms with Gasteiger partial charge in [-0.2, -0.15) is 0 Å². The van der Waals surface area contributed by atoms with Crippen LogP contribution in [0.15, 0.2) is 12.3 Å². The molecule has 1 aromatic rings. The van der Waals surface area contributed by atoms with Gasteiger partial charge in [-0.05, 0) is 31.7 Å². The molecule has 20 heavy (non-hydrogen) atoms. The van der Waals surface area contributed by atoms with Crippen molar-refractivity contribution in [3.8, 4) is 0 Å². The van der Waals surface area contributed by atoms with Crippen molar-refractivity contribution in [2.75, 3.05) is 18.0 Å². The van der Waals surface area contributed by atoms with Gasteiger partial charge in [0.2, 0.25) is 5.91 Å². The zero-order chi connectivity index (χ0) is 14.2. The summed E-state index contributed by atoms with van der Waals surface area (Å²) in [6.45, 7) is 1.24. The topological polar surface area (TPSA) is 92.3 Å². The van der Waals surface area contributed by atoms with E-state index in [4.69, 9.17) is 5.73 Å². The number of amides is 1. The number of β-amino-alcohol motifs (C(OH)–C–C–N with tert-alkyl or cyclic N) is 1. The summed E-state index contributed by atoms with van der Waals surface area (Å²) in [7, 11) is 0. The Labute approximate surface area is 118 Å². The van der Waals surface area contributed by atoms with Gasteiger partial charge in [0, 0.05) is 25.2 Å². The summed E-state index contributed by atoms with van der Waals surface area (Å²) in [4.78, 5) is 22.0. The Morgan fingerprint density at radius 2 is 2.35 bits per heavy atom. The molecule has 2 heterocycles. The second-order valence-corrected chi connectivity index (χ2v) is 5.94. The number of primary amides is 1. The highest BCUT2D eigenvalue weighted by atomic mass is 16.3. The molecule has 0 bridgehead atoms. The molecule has 108 valence electrons. The first-order valence-corrected chi connectivity index (χ1v) is 7.14. The first-order chi connectivity index (χ1) is 9.56. The van der Waals surface area contributed by atoms with Gasteiger partial charge in [-0.15, -0.1) is 0 Å². The van der Waals surface area contributed by atoms with Crippen molar-refractivity contribution in [1.29, 1.82) is 0 Å². The molecule has 0 aromatic carbocycles. The van der Waals surface area contributed by atoms with E-state index in [9.17, 15) is 9.90 Å². The lowest BCUT2D eigenvalue weighted by Gasteiger charge is -2.39. The molecule has 1 unspecified atom stereocenters. The third kappa shape index (κ3) is 2.90. The van der Waals surface area contributed by atoms with Gasteiger partial charge < -0.3 is 15.7 Å². The van der Waals surface area contributed by atoms with Gasteiger partial charge in [0.15, 0.2) is 0 Å². The zero-order valence-electron chi connectivity index (χ0n) is 11.5. The maximum absolute atomic E-state index is 11.1. The van der Waals surface area contributed by atoms with Crippen molar-refractivity contribution < 1.29 is 9.90 Å². The van der Waals surface area contributed by atoms with E-state index in [1.165, 1.54) is 0 Å². The van der Waals surface area contributed by atoms with Crippen LogP contribution in [-0.4, -0.2) is 39.7 Å². The average Bonchev–Trinajstić information content (AvgIpc) is 3.21. The van der Waals surface area contributed by atoms with Crippen molar-refractivity contribution in [3.63, 3.8) is 0 Å². The van der Waals surface area contributed by atoms with Crippen LogP contribution in [0.5, 0.6) is 0 Å². The summed E-state index contributed by atoms with van der Waals surface area (Å²) in [5.74, 6) is 1.77. The summed E-state index contributed by atoms with van der Waals surface area (Å²) in [5.41, 5.74) is 4.19. The van der Waals surface area contributed by atoms with Crippen LogP contribution in [0.1, 0.15) is 43.8 Å². The number of hydrogen-bond donors (Lipinski definition) is 2. The largest absolute Gasteiger partial charge is 0.388 e. The highest BCUT2D eigenvalue weighted by Crippen LogP contribution is 2.38. The number of rotatable bonds is 4. The Morgan fingerprint density at radius 3 is 3.05 bits per heavy atom. The fourth-order valence-corrected chi connectivity index (χ4v) is 2.85. The molecule has 6 nitrogen and oxygen atoms in total. The molecule has 1 saturated carbocycles. The van der Waals surface area contributed by atoms with Crippen LogP contribution >= 0.6 is 0 Å². The number of nitrogens with two attached hydrogens (primary N) is 1. The van der Waals surface area contributed by atoms with E-state index in [-0.39, 0.29) is 6.42 Å². The molecule has 1 saturated heterocycles. The van der Waals surface area contributed by atoms with Gasteiger partial charge in [0.25, 0.3) is 0 Å². The third-order valence-corrected chi connectivity index (χ3v) is 3.98. The fraction of sp³-hybridized carbons (Fsp3) is 0.643. The fourth-order valence-electron chi connectivity index (χ4n) is 2.85. The molecule has 1 amide bonds. The van der Waals surface area contributed by atoms with Crippen molar-refractivity contribution >= 4 is 11.7 Å². The second-order valence-electron chi connectivity index (χ2n) is 5.94. The molecule has 2 fully saturated rings. The van der Waals surface area contributed by atoms with Crippen LogP contribution in [0, 0.1) is 0 Å². The molecule has 6 heteroatoms. The number of carbonyl (C=O) groups is 1. The maximum Gasteiger partial charge on any atom is 0.220 e. The molecule has 0 radical (unpaired) electrons. The minimum absolute atomic E-state index is 0.00403. The van der Waals surface area contributed by atoms with E-state index in [2.05, 4.69) is 9.97 Å². The monoisotopic (exact) mass is 276 g/mol. The number of piperidine rings is 1. The van der Waals surface area contributed by atoms with Crippen molar-refractivity contribution in [1.82, 2.24) is 9.97 Å². The van der Waals surface area contributed by atoms with Gasteiger partial charge in [-0.25, -0.2) is 9.97 Å². The van der Waals surface area contributed by atoms with Gasteiger partial charge >= 0.3 is 0 Å². The number of hydrogen-bond acceptors (Lipinski definition) is 5. The Kier molecular flexibility index (Phi) is 3.33. The molecule has 1 aliphatic heterocycles. The maximum atomic E-state index is 11.1. The number of carbonyl (C=O) groups excluding carboxylic acids is 1. The van der Waals surface area contributed by atoms with Crippen LogP contribution in [0.25, 0.3) is 0 Å². The standard InChI is InChI=1S/C14H20N4O2/c15-11(19)8-14(20)5-1-7-18(9-14)12-4-6-16-13(17-12)10-2-3-10/h4,6,10,20H,1-3,5,7-9H2,(H2,15,19). The molecule has 0 spiro atoms. The molecule has 1 atom stereocenters. The molecular formula is C14H20N4O2. The Morgan fingerprint density at radius 1 is 1.55 bits per heavy atom. The summed E-state index contributed by atoms with van der Waals surface area (Å²) < 4.78 is 0. The van der Waals surface area contributed by atoms with Gasteiger partial charge in [0.1, 0.15) is 11.6 Å². The SMILES string of the molecule is NC(=O)CC1(O)CCCN(c2ccnc(C3CC3)n2)C1. The second kappa shape index (κ2) is 5.01. The van der Waals surface area contributed by atoms with Crippen LogP contribution < -0.4 is 10.6 Å². The first-order valence-electron chi connectivity index (χ1n) is 7.14. The first kappa shape index (κ1) is 13.3. The molecular weight excluding hydrogens is 256 g/mol. The van der Waals surface area contributed by atoms with Crippen LogP contribution in [0.4, 0.5) is 5.82 Å². The van der Waals surface area contributed by atoms with Crippen molar-refractivity contribution in [3.05, 3.63) is 18.1 Å². The van der Waals surface area contributed by atoms with Crippen LogP contribution in [0.2, 0.25) is 0 Å².